The van der Waals surface area contributed by atoms with Crippen molar-refractivity contribution in [3.63, 3.8) is 0 Å². The quantitative estimate of drug-likeness (QED) is 0.872. The normalized spacial score (nSPS) is 20.4. The molecular weight excluding hydrogens is 308 g/mol. The first kappa shape index (κ1) is 16.4. The van der Waals surface area contributed by atoms with Crippen LogP contribution in [-0.2, 0) is 9.53 Å². The van der Waals surface area contributed by atoms with Crippen molar-refractivity contribution < 1.29 is 14.3 Å². The maximum atomic E-state index is 12.1. The minimum absolute atomic E-state index is 0.0864. The van der Waals surface area contributed by atoms with Crippen LogP contribution in [0.3, 0.4) is 0 Å². The molecule has 0 spiro atoms. The van der Waals surface area contributed by atoms with Gasteiger partial charge in [0.1, 0.15) is 5.75 Å². The molecule has 126 valence electrons. The SMILES string of the molecule is NC1CCOC(CC(=O)Nc2ccc(Oc3cccnn3)cc2)C1. The topological polar surface area (TPSA) is 99.4 Å². The van der Waals surface area contributed by atoms with E-state index in [1.54, 1.807) is 42.6 Å². The standard InChI is InChI=1S/C17H20N4O3/c18-12-7-9-23-15(10-12)11-16(22)20-13-3-5-14(6-4-13)24-17-2-1-8-19-21-17/h1-6,8,12,15H,7,9-11,18H2,(H,20,22). The molecule has 2 aromatic rings. The van der Waals surface area contributed by atoms with Crippen molar-refractivity contribution in [3.8, 4) is 11.6 Å². The number of nitrogens with zero attached hydrogens (tertiary/aromatic N) is 2. The Morgan fingerprint density at radius 1 is 1.33 bits per heavy atom. The number of ether oxygens (including phenoxy) is 2. The maximum absolute atomic E-state index is 12.1. The van der Waals surface area contributed by atoms with Crippen molar-refractivity contribution >= 4 is 11.6 Å². The average Bonchev–Trinajstić information content (AvgIpc) is 2.57. The predicted octanol–water partition coefficient (Wildman–Crippen LogP) is 2.10. The van der Waals surface area contributed by atoms with E-state index >= 15 is 0 Å². The number of nitrogens with one attached hydrogen (secondary N) is 1. The molecule has 1 fully saturated rings. The minimum atomic E-state index is -0.104. The molecule has 2 atom stereocenters. The lowest BCUT2D eigenvalue weighted by atomic mass is 10.0. The monoisotopic (exact) mass is 328 g/mol. The molecule has 7 nitrogen and oxygen atoms in total. The number of anilines is 1. The summed E-state index contributed by atoms with van der Waals surface area (Å²) in [5, 5.41) is 10.4. The van der Waals surface area contributed by atoms with Crippen molar-refractivity contribution in [2.75, 3.05) is 11.9 Å². The van der Waals surface area contributed by atoms with E-state index in [2.05, 4.69) is 15.5 Å². The number of aromatic nitrogens is 2. The third-order valence-electron chi connectivity index (χ3n) is 3.73. The molecule has 1 aromatic carbocycles. The van der Waals surface area contributed by atoms with Gasteiger partial charge in [-0.1, -0.05) is 0 Å². The zero-order chi connectivity index (χ0) is 16.8. The van der Waals surface area contributed by atoms with Crippen molar-refractivity contribution in [1.82, 2.24) is 10.2 Å². The van der Waals surface area contributed by atoms with E-state index in [4.69, 9.17) is 15.2 Å². The molecular formula is C17H20N4O3. The highest BCUT2D eigenvalue weighted by Gasteiger charge is 2.22. The van der Waals surface area contributed by atoms with E-state index in [9.17, 15) is 4.79 Å². The Hall–Kier alpha value is -2.51. The lowest BCUT2D eigenvalue weighted by Gasteiger charge is -2.26. The van der Waals surface area contributed by atoms with Gasteiger partial charge in [-0.25, -0.2) is 0 Å². The summed E-state index contributed by atoms with van der Waals surface area (Å²) in [6.45, 7) is 0.619. The Balaban J connectivity index is 1.51. The second-order valence-corrected chi connectivity index (χ2v) is 5.72. The Morgan fingerprint density at radius 2 is 2.17 bits per heavy atom. The van der Waals surface area contributed by atoms with Gasteiger partial charge in [0.05, 0.1) is 12.5 Å². The van der Waals surface area contributed by atoms with Crippen LogP contribution < -0.4 is 15.8 Å². The van der Waals surface area contributed by atoms with Gasteiger partial charge in [0.2, 0.25) is 11.8 Å². The number of nitrogens with two attached hydrogens (primary N) is 1. The van der Waals surface area contributed by atoms with E-state index < -0.39 is 0 Å². The summed E-state index contributed by atoms with van der Waals surface area (Å²) in [7, 11) is 0. The maximum Gasteiger partial charge on any atom is 0.238 e. The Labute approximate surface area is 140 Å². The number of carbonyl (C=O) groups is 1. The Bertz CT molecular complexity index is 663. The van der Waals surface area contributed by atoms with Gasteiger partial charge >= 0.3 is 0 Å². The fourth-order valence-corrected chi connectivity index (χ4v) is 2.54. The second kappa shape index (κ2) is 7.85. The van der Waals surface area contributed by atoms with Gasteiger partial charge in [-0.2, -0.15) is 5.10 Å². The molecule has 1 aromatic heterocycles. The van der Waals surface area contributed by atoms with Gasteiger partial charge < -0.3 is 20.5 Å². The number of carbonyl (C=O) groups excluding carboxylic acids is 1. The summed E-state index contributed by atoms with van der Waals surface area (Å²) in [5.74, 6) is 0.951. The van der Waals surface area contributed by atoms with Crippen molar-refractivity contribution in [2.24, 2.45) is 5.73 Å². The summed E-state index contributed by atoms with van der Waals surface area (Å²) < 4.78 is 11.1. The number of hydrogen-bond acceptors (Lipinski definition) is 6. The molecule has 1 amide bonds. The number of benzene rings is 1. The molecule has 1 aliphatic rings. The lowest BCUT2D eigenvalue weighted by molar-refractivity contribution is -0.120. The van der Waals surface area contributed by atoms with Gasteiger partial charge in [0, 0.05) is 30.6 Å². The molecule has 0 aliphatic carbocycles. The van der Waals surface area contributed by atoms with E-state index in [1.807, 2.05) is 0 Å². The average molecular weight is 328 g/mol. The fraction of sp³-hybridized carbons (Fsp3) is 0.353. The van der Waals surface area contributed by atoms with Crippen molar-refractivity contribution in [1.29, 1.82) is 0 Å². The number of hydrogen-bond donors (Lipinski definition) is 2. The third kappa shape index (κ3) is 4.74. The molecule has 2 unspecified atom stereocenters. The summed E-state index contributed by atoms with van der Waals surface area (Å²) in [6.07, 6.45) is 3.36. The van der Waals surface area contributed by atoms with E-state index in [1.165, 1.54) is 0 Å². The molecule has 24 heavy (non-hydrogen) atoms. The molecule has 1 saturated heterocycles. The van der Waals surface area contributed by atoms with E-state index in [0.717, 1.165) is 12.8 Å². The van der Waals surface area contributed by atoms with Crippen LogP contribution in [0.5, 0.6) is 11.6 Å². The smallest absolute Gasteiger partial charge is 0.238 e. The van der Waals surface area contributed by atoms with Gasteiger partial charge in [-0.05, 0) is 43.2 Å². The first-order valence-corrected chi connectivity index (χ1v) is 7.92. The molecule has 0 bridgehead atoms. The summed E-state index contributed by atoms with van der Waals surface area (Å²) in [4.78, 5) is 12.1. The fourth-order valence-electron chi connectivity index (χ4n) is 2.54. The molecule has 1 aliphatic heterocycles. The highest BCUT2D eigenvalue weighted by molar-refractivity contribution is 5.91. The van der Waals surface area contributed by atoms with E-state index in [0.29, 0.717) is 30.3 Å². The van der Waals surface area contributed by atoms with Crippen LogP contribution in [0.4, 0.5) is 5.69 Å². The van der Waals surface area contributed by atoms with Gasteiger partial charge in [0.15, 0.2) is 0 Å². The Kier molecular flexibility index (Phi) is 5.35. The number of rotatable bonds is 5. The second-order valence-electron chi connectivity index (χ2n) is 5.72. The summed E-state index contributed by atoms with van der Waals surface area (Å²) >= 11 is 0. The van der Waals surface area contributed by atoms with Crippen LogP contribution in [0.1, 0.15) is 19.3 Å². The number of amides is 1. The molecule has 2 heterocycles. The molecule has 3 rings (SSSR count). The van der Waals surface area contributed by atoms with Crippen molar-refractivity contribution in [2.45, 2.75) is 31.4 Å². The van der Waals surface area contributed by atoms with E-state index in [-0.39, 0.29) is 18.1 Å². The van der Waals surface area contributed by atoms with Crippen LogP contribution in [-0.4, -0.2) is 34.9 Å². The van der Waals surface area contributed by atoms with Gasteiger partial charge in [-0.3, -0.25) is 4.79 Å². The predicted molar refractivity (Wildman–Crippen MR) is 88.7 cm³/mol. The van der Waals surface area contributed by atoms with Crippen molar-refractivity contribution in [3.05, 3.63) is 42.6 Å². The first-order chi connectivity index (χ1) is 11.7. The highest BCUT2D eigenvalue weighted by atomic mass is 16.5. The lowest BCUT2D eigenvalue weighted by Crippen LogP contribution is -2.36. The molecule has 0 saturated carbocycles. The zero-order valence-electron chi connectivity index (χ0n) is 13.2. The Morgan fingerprint density at radius 3 is 2.88 bits per heavy atom. The molecule has 7 heteroatoms. The summed E-state index contributed by atoms with van der Waals surface area (Å²) in [5.41, 5.74) is 6.60. The van der Waals surface area contributed by atoms with Crippen LogP contribution >= 0.6 is 0 Å². The van der Waals surface area contributed by atoms with Crippen LogP contribution in [0, 0.1) is 0 Å². The van der Waals surface area contributed by atoms with Gasteiger partial charge in [0.25, 0.3) is 0 Å². The zero-order valence-corrected chi connectivity index (χ0v) is 13.2. The molecule has 3 N–H and O–H groups in total. The minimum Gasteiger partial charge on any atom is -0.438 e. The van der Waals surface area contributed by atoms with Gasteiger partial charge in [-0.15, -0.1) is 5.10 Å². The highest BCUT2D eigenvalue weighted by Crippen LogP contribution is 2.21. The molecule has 0 radical (unpaired) electrons. The first-order valence-electron chi connectivity index (χ1n) is 7.92. The summed E-state index contributed by atoms with van der Waals surface area (Å²) in [6, 6.07) is 10.7. The van der Waals surface area contributed by atoms with Crippen LogP contribution in [0.25, 0.3) is 0 Å². The third-order valence-corrected chi connectivity index (χ3v) is 3.73. The van der Waals surface area contributed by atoms with Crippen LogP contribution in [0.2, 0.25) is 0 Å². The van der Waals surface area contributed by atoms with Crippen LogP contribution in [0.15, 0.2) is 42.6 Å². The largest absolute Gasteiger partial charge is 0.438 e.